The van der Waals surface area contributed by atoms with Crippen LogP contribution < -0.4 is 4.74 Å². The van der Waals surface area contributed by atoms with Gasteiger partial charge in [-0.15, -0.1) is 0 Å². The number of carbonyl (C=O) groups excluding carboxylic acids is 2. The lowest BCUT2D eigenvalue weighted by Gasteiger charge is -2.10. The van der Waals surface area contributed by atoms with Gasteiger partial charge < -0.3 is 14.2 Å². The Morgan fingerprint density at radius 1 is 1.25 bits per heavy atom. The molecule has 24 heavy (non-hydrogen) atoms. The van der Waals surface area contributed by atoms with Crippen LogP contribution in [0.1, 0.15) is 13.8 Å². The average molecular weight is 371 g/mol. The van der Waals surface area contributed by atoms with E-state index >= 15 is 0 Å². The third-order valence-corrected chi connectivity index (χ3v) is 3.03. The van der Waals surface area contributed by atoms with Crippen LogP contribution in [-0.4, -0.2) is 30.7 Å². The summed E-state index contributed by atoms with van der Waals surface area (Å²) in [5, 5.41) is 0.539. The molecule has 0 saturated heterocycles. The van der Waals surface area contributed by atoms with Crippen molar-refractivity contribution in [2.24, 2.45) is 0 Å². The van der Waals surface area contributed by atoms with Crippen LogP contribution in [0.2, 0.25) is 5.02 Å². The summed E-state index contributed by atoms with van der Waals surface area (Å²) in [6, 6.07) is 6.37. The quantitative estimate of drug-likeness (QED) is 0.332. The van der Waals surface area contributed by atoms with Crippen LogP contribution in [-0.2, 0) is 19.1 Å². The highest BCUT2D eigenvalue weighted by molar-refractivity contribution is 6.30. The number of ether oxygens (including phenoxy) is 3. The van der Waals surface area contributed by atoms with E-state index in [1.165, 1.54) is 6.08 Å². The molecule has 5 nitrogen and oxygen atoms in total. The van der Waals surface area contributed by atoms with Crippen LogP contribution in [0.25, 0.3) is 0 Å². The molecule has 1 aromatic carbocycles. The topological polar surface area (TPSA) is 61.8 Å². The van der Waals surface area contributed by atoms with Gasteiger partial charge in [-0.2, -0.15) is 0 Å². The predicted octanol–water partition coefficient (Wildman–Crippen LogP) is 3.34. The van der Waals surface area contributed by atoms with Gasteiger partial charge in [-0.1, -0.05) is 35.0 Å². The maximum atomic E-state index is 11.6. The highest BCUT2D eigenvalue weighted by Gasteiger charge is 2.18. The molecule has 128 valence electrons. The summed E-state index contributed by atoms with van der Waals surface area (Å²) in [6.45, 7) is 3.40. The third kappa shape index (κ3) is 7.40. The first-order valence-electron chi connectivity index (χ1n) is 6.99. The summed E-state index contributed by atoms with van der Waals surface area (Å²) in [5.41, 5.74) is -0.943. The Morgan fingerprint density at radius 2 is 1.92 bits per heavy atom. The fourth-order valence-electron chi connectivity index (χ4n) is 1.36. The lowest BCUT2D eigenvalue weighted by molar-refractivity contribution is -0.146. The number of allylic oxidation sites excluding steroid dienone is 1. The van der Waals surface area contributed by atoms with Crippen molar-refractivity contribution in [1.82, 2.24) is 0 Å². The highest BCUT2D eigenvalue weighted by Crippen LogP contribution is 2.18. The summed E-state index contributed by atoms with van der Waals surface area (Å²) in [4.78, 5) is 23.0. The molecule has 1 atom stereocenters. The van der Waals surface area contributed by atoms with Crippen molar-refractivity contribution in [3.05, 3.63) is 40.9 Å². The molecule has 1 aromatic rings. The van der Waals surface area contributed by atoms with Gasteiger partial charge in [-0.25, -0.2) is 9.59 Å². The first kappa shape index (κ1) is 19.9. The second-order valence-corrected chi connectivity index (χ2v) is 5.20. The molecule has 1 rings (SSSR count). The van der Waals surface area contributed by atoms with Crippen molar-refractivity contribution in [2.45, 2.75) is 19.4 Å². The number of hydrogen-bond donors (Lipinski definition) is 0. The van der Waals surface area contributed by atoms with Crippen molar-refractivity contribution >= 4 is 35.1 Å². The molecule has 0 aliphatic carbocycles. The molecule has 0 bridgehead atoms. The molecular weight excluding hydrogens is 355 g/mol. The van der Waals surface area contributed by atoms with Crippen LogP contribution in [0.15, 0.2) is 35.9 Å². The van der Waals surface area contributed by atoms with Gasteiger partial charge in [-0.05, 0) is 44.2 Å². The zero-order valence-corrected chi connectivity index (χ0v) is 14.7. The van der Waals surface area contributed by atoms with Gasteiger partial charge in [0, 0.05) is 10.6 Å². The minimum Gasteiger partial charge on any atom is -0.463 e. The van der Waals surface area contributed by atoms with Gasteiger partial charge in [0.2, 0.25) is 0 Å². The van der Waals surface area contributed by atoms with E-state index in [1.807, 2.05) is 0 Å². The van der Waals surface area contributed by atoms with Crippen LogP contribution in [0.4, 0.5) is 0 Å². The summed E-state index contributed by atoms with van der Waals surface area (Å²) in [5.74, 6) is 4.32. The molecule has 0 aliphatic rings. The zero-order valence-electron chi connectivity index (χ0n) is 13.2. The van der Waals surface area contributed by atoms with Gasteiger partial charge in [-0.3, -0.25) is 0 Å². The fourth-order valence-corrected chi connectivity index (χ4v) is 1.65. The fraction of sp³-hybridized carbons (Fsp3) is 0.294. The second kappa shape index (κ2) is 10.6. The Balaban J connectivity index is 2.40. The number of benzene rings is 1. The maximum Gasteiger partial charge on any atom is 0.364 e. The van der Waals surface area contributed by atoms with Gasteiger partial charge >= 0.3 is 11.9 Å². The summed E-state index contributed by atoms with van der Waals surface area (Å²) < 4.78 is 14.8. The second-order valence-electron chi connectivity index (χ2n) is 4.36. The molecule has 0 heterocycles. The minimum absolute atomic E-state index is 0.182. The number of hydrogen-bond acceptors (Lipinski definition) is 5. The first-order chi connectivity index (χ1) is 11.4. The molecule has 0 amide bonds. The van der Waals surface area contributed by atoms with Crippen LogP contribution in [0.3, 0.4) is 0 Å². The molecule has 0 N–H and O–H groups in total. The largest absolute Gasteiger partial charge is 0.463 e. The lowest BCUT2D eigenvalue weighted by atomic mass is 10.3. The summed E-state index contributed by atoms with van der Waals surface area (Å²) in [7, 11) is 0. The first-order valence-corrected chi connectivity index (χ1v) is 7.80. The molecule has 0 saturated carbocycles. The Morgan fingerprint density at radius 3 is 2.54 bits per heavy atom. The number of alkyl halides is 1. The molecular formula is C17H16Cl2O5. The Labute approximate surface area is 150 Å². The van der Waals surface area contributed by atoms with Crippen molar-refractivity contribution in [1.29, 1.82) is 0 Å². The monoisotopic (exact) mass is 370 g/mol. The van der Waals surface area contributed by atoms with E-state index in [1.54, 1.807) is 38.1 Å². The van der Waals surface area contributed by atoms with E-state index in [2.05, 4.69) is 11.8 Å². The van der Waals surface area contributed by atoms with Crippen LogP contribution in [0.5, 0.6) is 5.75 Å². The molecule has 0 radical (unpaired) electrons. The zero-order chi connectivity index (χ0) is 17.9. The minimum atomic E-state index is -1.30. The smallest absolute Gasteiger partial charge is 0.364 e. The number of rotatable bonds is 6. The molecule has 1 unspecified atom stereocenters. The van der Waals surface area contributed by atoms with Gasteiger partial charge in [0.25, 0.3) is 5.56 Å². The van der Waals surface area contributed by atoms with E-state index in [4.69, 9.17) is 37.4 Å². The molecule has 7 heteroatoms. The molecule has 0 spiro atoms. The van der Waals surface area contributed by atoms with E-state index < -0.39 is 17.5 Å². The standard InChI is InChI=1S/C17H16Cl2O5/c1-3-22-16(20)12(2)6-4-5-11-23-17(21)15(19)24-14-9-7-13(18)8-10-14/h6-10,15H,3,11H2,1-2H3. The van der Waals surface area contributed by atoms with E-state index in [9.17, 15) is 9.59 Å². The predicted molar refractivity (Wildman–Crippen MR) is 90.8 cm³/mol. The molecule has 0 fully saturated rings. The summed E-state index contributed by atoms with van der Waals surface area (Å²) >= 11 is 11.5. The normalized spacial score (nSPS) is 11.8. The van der Waals surface area contributed by atoms with Crippen molar-refractivity contribution in [3.63, 3.8) is 0 Å². The van der Waals surface area contributed by atoms with Crippen molar-refractivity contribution in [2.75, 3.05) is 13.2 Å². The summed E-state index contributed by atoms with van der Waals surface area (Å²) in [6.07, 6.45) is 1.38. The van der Waals surface area contributed by atoms with Gasteiger partial charge in [0.1, 0.15) is 5.75 Å². The molecule has 0 aliphatic heterocycles. The van der Waals surface area contributed by atoms with Gasteiger partial charge in [0.05, 0.1) is 6.61 Å². The molecule has 0 aromatic heterocycles. The number of halogens is 2. The van der Waals surface area contributed by atoms with Crippen LogP contribution in [0, 0.1) is 11.8 Å². The van der Waals surface area contributed by atoms with E-state index in [0.717, 1.165) is 0 Å². The number of carbonyl (C=O) groups is 2. The third-order valence-electron chi connectivity index (χ3n) is 2.51. The van der Waals surface area contributed by atoms with Crippen molar-refractivity contribution in [3.8, 4) is 17.6 Å². The Hall–Kier alpha value is -2.16. The SMILES string of the molecule is CCOC(=O)C(C)=CC#CCOC(=O)C(Cl)Oc1ccc(Cl)cc1. The Kier molecular flexibility index (Phi) is 8.77. The van der Waals surface area contributed by atoms with Crippen LogP contribution >= 0.6 is 23.2 Å². The maximum absolute atomic E-state index is 11.6. The lowest BCUT2D eigenvalue weighted by Crippen LogP contribution is -2.23. The van der Waals surface area contributed by atoms with E-state index in [-0.39, 0.29) is 6.61 Å². The Bertz CT molecular complexity index is 656. The van der Waals surface area contributed by atoms with Gasteiger partial charge in [0.15, 0.2) is 6.61 Å². The van der Waals surface area contributed by atoms with Crippen molar-refractivity contribution < 1.29 is 23.8 Å². The highest BCUT2D eigenvalue weighted by atomic mass is 35.5. The van der Waals surface area contributed by atoms with E-state index in [0.29, 0.717) is 23.0 Å². The number of esters is 2. The average Bonchev–Trinajstić information content (AvgIpc) is 2.56.